The number of aromatic nitrogens is 2. The minimum absolute atomic E-state index is 0.131. The zero-order chi connectivity index (χ0) is 12.4. The molecule has 2 aromatic rings. The highest BCUT2D eigenvalue weighted by molar-refractivity contribution is 9.10. The molecule has 6 heteroatoms. The second kappa shape index (κ2) is 4.67. The van der Waals surface area contributed by atoms with Crippen LogP contribution >= 0.6 is 15.9 Å². The number of halogens is 1. The van der Waals surface area contributed by atoms with Gasteiger partial charge in [-0.2, -0.15) is 0 Å². The molecule has 0 spiro atoms. The molecule has 0 saturated carbocycles. The number of nitrogens with zero attached hydrogens (tertiary/aromatic N) is 1. The van der Waals surface area contributed by atoms with Crippen LogP contribution in [0.25, 0.3) is 11.0 Å². The molecule has 1 aromatic heterocycles. The number of hydrogen-bond acceptors (Lipinski definition) is 4. The van der Waals surface area contributed by atoms with E-state index in [1.165, 1.54) is 7.11 Å². The van der Waals surface area contributed by atoms with Gasteiger partial charge in [0.15, 0.2) is 0 Å². The minimum atomic E-state index is -0.489. The lowest BCUT2D eigenvalue weighted by Gasteiger charge is -2.02. The van der Waals surface area contributed by atoms with Gasteiger partial charge in [-0.25, -0.2) is 4.98 Å². The number of hydrogen-bond donors (Lipinski definition) is 1. The predicted octanol–water partition coefficient (Wildman–Crippen LogP) is 1.40. The van der Waals surface area contributed by atoms with Gasteiger partial charge in [0.1, 0.15) is 5.69 Å². The monoisotopic (exact) mass is 296 g/mol. The Morgan fingerprint density at radius 2 is 2.29 bits per heavy atom. The van der Waals surface area contributed by atoms with Gasteiger partial charge in [-0.05, 0) is 18.2 Å². The molecule has 1 N–H and O–H groups in total. The average Bonchev–Trinajstić information content (AvgIpc) is 2.30. The number of rotatable bonds is 2. The maximum absolute atomic E-state index is 11.6. The molecule has 1 heterocycles. The first kappa shape index (κ1) is 11.8. The van der Waals surface area contributed by atoms with Gasteiger partial charge in [-0.3, -0.25) is 9.59 Å². The minimum Gasteiger partial charge on any atom is -0.469 e. The van der Waals surface area contributed by atoms with Crippen molar-refractivity contribution in [2.45, 2.75) is 6.42 Å². The summed E-state index contributed by atoms with van der Waals surface area (Å²) in [4.78, 5) is 29.6. The maximum atomic E-state index is 11.6. The van der Waals surface area contributed by atoms with Crippen molar-refractivity contribution in [1.29, 1.82) is 0 Å². The van der Waals surface area contributed by atoms with Crippen LogP contribution in [0.3, 0.4) is 0 Å². The fourth-order valence-electron chi connectivity index (χ4n) is 1.42. The fourth-order valence-corrected chi connectivity index (χ4v) is 1.77. The lowest BCUT2D eigenvalue weighted by Crippen LogP contribution is -2.19. The summed E-state index contributed by atoms with van der Waals surface area (Å²) in [5.41, 5.74) is 1.04. The van der Waals surface area contributed by atoms with Crippen molar-refractivity contribution >= 4 is 32.9 Å². The van der Waals surface area contributed by atoms with Crippen molar-refractivity contribution in [3.8, 4) is 0 Å². The summed E-state index contributed by atoms with van der Waals surface area (Å²) in [6.45, 7) is 0. The number of carbonyl (C=O) groups excluding carboxylic acids is 1. The van der Waals surface area contributed by atoms with Crippen LogP contribution in [0, 0.1) is 0 Å². The van der Waals surface area contributed by atoms with E-state index >= 15 is 0 Å². The molecule has 17 heavy (non-hydrogen) atoms. The lowest BCUT2D eigenvalue weighted by molar-refractivity contribution is -0.139. The van der Waals surface area contributed by atoms with Crippen LogP contribution < -0.4 is 5.56 Å². The Kier molecular flexibility index (Phi) is 3.23. The number of fused-ring (bicyclic) bond motifs is 1. The lowest BCUT2D eigenvalue weighted by atomic mass is 10.2. The summed E-state index contributed by atoms with van der Waals surface area (Å²) in [6.07, 6.45) is -0.131. The Balaban J connectivity index is 2.53. The van der Waals surface area contributed by atoms with E-state index in [0.29, 0.717) is 11.0 Å². The third-order valence-electron chi connectivity index (χ3n) is 2.26. The first-order valence-corrected chi connectivity index (χ1v) is 5.64. The van der Waals surface area contributed by atoms with Crippen LogP contribution in [0.4, 0.5) is 0 Å². The van der Waals surface area contributed by atoms with Crippen LogP contribution in [-0.4, -0.2) is 23.0 Å². The molecule has 0 fully saturated rings. The number of aromatic amines is 1. The van der Waals surface area contributed by atoms with Crippen molar-refractivity contribution < 1.29 is 9.53 Å². The van der Waals surface area contributed by atoms with Crippen molar-refractivity contribution in [3.05, 3.63) is 38.7 Å². The molecule has 0 aliphatic carbocycles. The topological polar surface area (TPSA) is 72.0 Å². The van der Waals surface area contributed by atoms with Gasteiger partial charge in [-0.15, -0.1) is 0 Å². The second-order valence-electron chi connectivity index (χ2n) is 3.43. The van der Waals surface area contributed by atoms with Crippen molar-refractivity contribution in [2.24, 2.45) is 0 Å². The Morgan fingerprint density at radius 3 is 3.00 bits per heavy atom. The summed E-state index contributed by atoms with van der Waals surface area (Å²) >= 11 is 3.32. The van der Waals surface area contributed by atoms with Gasteiger partial charge in [0.25, 0.3) is 5.56 Å². The molecule has 1 aromatic carbocycles. The van der Waals surface area contributed by atoms with Gasteiger partial charge in [-0.1, -0.05) is 15.9 Å². The standard InChI is InChI=1S/C11H9BrN2O3/c1-17-10(15)5-9-11(16)14-7-3-2-6(12)4-8(7)13-9/h2-4H,5H2,1H3,(H,14,16). The van der Waals surface area contributed by atoms with E-state index in [0.717, 1.165) is 4.47 Å². The largest absolute Gasteiger partial charge is 0.469 e. The summed E-state index contributed by atoms with van der Waals surface area (Å²) in [7, 11) is 1.27. The molecule has 0 amide bonds. The highest BCUT2D eigenvalue weighted by Gasteiger charge is 2.10. The van der Waals surface area contributed by atoms with Crippen LogP contribution in [0.5, 0.6) is 0 Å². The Bertz CT molecular complexity index is 636. The van der Waals surface area contributed by atoms with Gasteiger partial charge in [0.05, 0.1) is 24.6 Å². The SMILES string of the molecule is COC(=O)Cc1nc2cc(Br)ccc2[nH]c1=O. The number of esters is 1. The van der Waals surface area contributed by atoms with E-state index in [1.54, 1.807) is 18.2 Å². The Hall–Kier alpha value is -1.69. The molecule has 2 rings (SSSR count). The van der Waals surface area contributed by atoms with Gasteiger partial charge in [0.2, 0.25) is 0 Å². The summed E-state index contributed by atoms with van der Waals surface area (Å²) in [5, 5.41) is 0. The first-order chi connectivity index (χ1) is 8.10. The van der Waals surface area contributed by atoms with Crippen LogP contribution in [0.2, 0.25) is 0 Å². The molecule has 0 radical (unpaired) electrons. The first-order valence-electron chi connectivity index (χ1n) is 4.85. The molecule has 88 valence electrons. The highest BCUT2D eigenvalue weighted by atomic mass is 79.9. The van der Waals surface area contributed by atoms with Gasteiger partial charge in [0, 0.05) is 4.47 Å². The molecule has 0 aliphatic rings. The van der Waals surface area contributed by atoms with Crippen LogP contribution in [0.15, 0.2) is 27.5 Å². The number of H-pyrrole nitrogens is 1. The molecule has 0 atom stereocenters. The smallest absolute Gasteiger partial charge is 0.311 e. The van der Waals surface area contributed by atoms with Gasteiger partial charge >= 0.3 is 5.97 Å². The average molecular weight is 297 g/mol. The number of carbonyl (C=O) groups is 1. The van der Waals surface area contributed by atoms with E-state index in [-0.39, 0.29) is 17.7 Å². The summed E-state index contributed by atoms with van der Waals surface area (Å²) in [6, 6.07) is 5.32. The highest BCUT2D eigenvalue weighted by Crippen LogP contribution is 2.15. The Morgan fingerprint density at radius 1 is 1.53 bits per heavy atom. The maximum Gasteiger partial charge on any atom is 0.311 e. The van der Waals surface area contributed by atoms with E-state index < -0.39 is 5.97 Å². The van der Waals surface area contributed by atoms with E-state index in [9.17, 15) is 9.59 Å². The third kappa shape index (κ3) is 2.52. The molecule has 5 nitrogen and oxygen atoms in total. The fraction of sp³-hybridized carbons (Fsp3) is 0.182. The second-order valence-corrected chi connectivity index (χ2v) is 4.34. The third-order valence-corrected chi connectivity index (χ3v) is 2.76. The molecule has 0 bridgehead atoms. The van der Waals surface area contributed by atoms with Crippen LogP contribution in [0.1, 0.15) is 5.69 Å². The predicted molar refractivity (Wildman–Crippen MR) is 65.8 cm³/mol. The molecule has 0 saturated heterocycles. The van der Waals surface area contributed by atoms with Crippen LogP contribution in [-0.2, 0) is 16.0 Å². The summed E-state index contributed by atoms with van der Waals surface area (Å²) < 4.78 is 5.36. The molecular weight excluding hydrogens is 288 g/mol. The quantitative estimate of drug-likeness (QED) is 0.851. The van der Waals surface area contributed by atoms with Crippen molar-refractivity contribution in [1.82, 2.24) is 9.97 Å². The normalized spacial score (nSPS) is 10.5. The Labute approximate surface area is 105 Å². The zero-order valence-corrected chi connectivity index (χ0v) is 10.6. The van der Waals surface area contributed by atoms with Gasteiger partial charge < -0.3 is 9.72 Å². The number of nitrogens with one attached hydrogen (secondary N) is 1. The zero-order valence-electron chi connectivity index (χ0n) is 8.99. The van der Waals surface area contributed by atoms with Crippen molar-refractivity contribution in [2.75, 3.05) is 7.11 Å². The molecular formula is C11H9BrN2O3. The summed E-state index contributed by atoms with van der Waals surface area (Å²) in [5.74, 6) is -0.489. The van der Waals surface area contributed by atoms with E-state index in [2.05, 4.69) is 30.6 Å². The number of benzene rings is 1. The van der Waals surface area contributed by atoms with E-state index in [4.69, 9.17) is 0 Å². The number of methoxy groups -OCH3 is 1. The molecule has 0 aliphatic heterocycles. The van der Waals surface area contributed by atoms with Crippen molar-refractivity contribution in [3.63, 3.8) is 0 Å². The number of ether oxygens (including phenoxy) is 1. The molecule has 0 unspecified atom stereocenters. The van der Waals surface area contributed by atoms with E-state index in [1.807, 2.05) is 0 Å².